The van der Waals surface area contributed by atoms with E-state index in [0.717, 1.165) is 18.4 Å². The molecule has 5 atom stereocenters. The molecular weight excluding hydrogens is 458 g/mol. The zero-order chi connectivity index (χ0) is 25.6. The molecule has 1 fully saturated rings. The first-order valence-electron chi connectivity index (χ1n) is 12.6. The van der Waals surface area contributed by atoms with Crippen molar-refractivity contribution in [3.63, 3.8) is 0 Å². The summed E-state index contributed by atoms with van der Waals surface area (Å²) in [6.45, 7) is 4.65. The first-order chi connectivity index (χ1) is 17.3. The average Bonchev–Trinajstić information content (AvgIpc) is 3.15. The number of nitrogens with zero attached hydrogens (tertiary/aromatic N) is 1. The summed E-state index contributed by atoms with van der Waals surface area (Å²) in [6, 6.07) is 11.9. The molecule has 190 valence electrons. The molecule has 2 aromatic carbocycles. The van der Waals surface area contributed by atoms with Crippen molar-refractivity contribution in [2.75, 3.05) is 20.8 Å². The maximum atomic E-state index is 13.9. The summed E-state index contributed by atoms with van der Waals surface area (Å²) in [5.41, 5.74) is 2.11. The van der Waals surface area contributed by atoms with Gasteiger partial charge < -0.3 is 24.2 Å². The lowest BCUT2D eigenvalue weighted by molar-refractivity contribution is -0.138. The van der Waals surface area contributed by atoms with Crippen LogP contribution in [0, 0.1) is 17.8 Å². The number of Topliss-reactive ketones (excluding diaryl/α,β-unsaturated/α-hetero) is 1. The fourth-order valence-corrected chi connectivity index (χ4v) is 6.18. The van der Waals surface area contributed by atoms with Gasteiger partial charge in [0.25, 0.3) is 5.91 Å². The molecule has 7 nitrogen and oxygen atoms in total. The van der Waals surface area contributed by atoms with Crippen LogP contribution in [0.1, 0.15) is 43.9 Å². The van der Waals surface area contributed by atoms with E-state index in [1.165, 1.54) is 0 Å². The number of ketones is 1. The highest BCUT2D eigenvalue weighted by molar-refractivity contribution is 6.11. The van der Waals surface area contributed by atoms with Crippen molar-refractivity contribution >= 4 is 11.7 Å². The molecule has 2 heterocycles. The van der Waals surface area contributed by atoms with Crippen molar-refractivity contribution < 1.29 is 28.9 Å². The summed E-state index contributed by atoms with van der Waals surface area (Å²) in [5, 5.41) is 10.2. The maximum Gasteiger partial charge on any atom is 0.290 e. The van der Waals surface area contributed by atoms with Gasteiger partial charge in [-0.2, -0.15) is 0 Å². The van der Waals surface area contributed by atoms with Gasteiger partial charge in [0, 0.05) is 6.54 Å². The standard InChI is InChI=1S/C29H33NO6/c1-16-12-17(2)27-21(13-16)26(32)24-25(19-6-5-7-20(31)15-19)30(29(33)28(24)36-27)11-10-18-8-9-22(34-3)23(14-18)35-4/h5-9,14-17,21,25,27,31H,10-13H2,1-4H3. The lowest BCUT2D eigenvalue weighted by atomic mass is 9.70. The molecule has 7 heteroatoms. The normalized spacial score (nSPS) is 27.4. The highest BCUT2D eigenvalue weighted by atomic mass is 16.5. The van der Waals surface area contributed by atoms with E-state index in [-0.39, 0.29) is 41.1 Å². The molecule has 2 aromatic rings. The van der Waals surface area contributed by atoms with Gasteiger partial charge in [-0.3, -0.25) is 9.59 Å². The van der Waals surface area contributed by atoms with E-state index in [2.05, 4.69) is 13.8 Å². The van der Waals surface area contributed by atoms with Gasteiger partial charge in [-0.1, -0.05) is 32.0 Å². The third kappa shape index (κ3) is 4.10. The van der Waals surface area contributed by atoms with E-state index in [9.17, 15) is 14.7 Å². The number of amides is 1. The Balaban J connectivity index is 1.50. The Labute approximate surface area is 211 Å². The van der Waals surface area contributed by atoms with Crippen molar-refractivity contribution in [2.24, 2.45) is 17.8 Å². The molecule has 1 amide bonds. The van der Waals surface area contributed by atoms with Crippen molar-refractivity contribution in [3.8, 4) is 17.2 Å². The number of hydrogen-bond donors (Lipinski definition) is 1. The zero-order valence-electron chi connectivity index (χ0n) is 21.2. The van der Waals surface area contributed by atoms with Crippen LogP contribution >= 0.6 is 0 Å². The molecule has 0 spiro atoms. The smallest absolute Gasteiger partial charge is 0.290 e. The number of methoxy groups -OCH3 is 2. The number of aromatic hydroxyl groups is 1. The van der Waals surface area contributed by atoms with Crippen LogP contribution in [0.2, 0.25) is 0 Å². The number of carbonyl (C=O) groups is 2. The van der Waals surface area contributed by atoms with E-state index < -0.39 is 6.04 Å². The summed E-state index contributed by atoms with van der Waals surface area (Å²) in [7, 11) is 3.18. The number of rotatable bonds is 6. The summed E-state index contributed by atoms with van der Waals surface area (Å²) in [5.74, 6) is 1.65. The van der Waals surface area contributed by atoms with Crippen LogP contribution in [0.15, 0.2) is 53.8 Å². The summed E-state index contributed by atoms with van der Waals surface area (Å²) in [4.78, 5) is 29.3. The van der Waals surface area contributed by atoms with Crippen molar-refractivity contribution in [1.82, 2.24) is 4.90 Å². The Kier molecular flexibility index (Phi) is 6.41. The van der Waals surface area contributed by atoms with Crippen LogP contribution in [0.3, 0.4) is 0 Å². The van der Waals surface area contributed by atoms with E-state index in [1.807, 2.05) is 24.3 Å². The number of phenols is 1. The second kappa shape index (κ2) is 9.52. The molecule has 0 bridgehead atoms. The molecule has 2 aliphatic heterocycles. The topological polar surface area (TPSA) is 85.3 Å². The van der Waals surface area contributed by atoms with Gasteiger partial charge >= 0.3 is 0 Å². The van der Waals surface area contributed by atoms with E-state index in [0.29, 0.717) is 41.5 Å². The lowest BCUT2D eigenvalue weighted by Gasteiger charge is -2.41. The van der Waals surface area contributed by atoms with Crippen molar-refractivity contribution in [3.05, 3.63) is 64.9 Å². The lowest BCUT2D eigenvalue weighted by Crippen LogP contribution is -2.45. The molecule has 36 heavy (non-hydrogen) atoms. The van der Waals surface area contributed by atoms with E-state index >= 15 is 0 Å². The van der Waals surface area contributed by atoms with Crippen LogP contribution in [-0.2, 0) is 20.7 Å². The first-order valence-corrected chi connectivity index (χ1v) is 12.6. The largest absolute Gasteiger partial charge is 0.508 e. The molecule has 1 aliphatic carbocycles. The Morgan fingerprint density at radius 2 is 1.81 bits per heavy atom. The molecule has 1 saturated carbocycles. The van der Waals surface area contributed by atoms with Gasteiger partial charge in [-0.15, -0.1) is 0 Å². The van der Waals surface area contributed by atoms with E-state index in [1.54, 1.807) is 37.3 Å². The zero-order valence-corrected chi connectivity index (χ0v) is 21.2. The number of ether oxygens (including phenoxy) is 3. The Bertz CT molecular complexity index is 1220. The molecule has 1 N–H and O–H groups in total. The van der Waals surface area contributed by atoms with Gasteiger partial charge in [0.15, 0.2) is 23.0 Å². The van der Waals surface area contributed by atoms with Crippen molar-refractivity contribution in [2.45, 2.75) is 45.3 Å². The predicted molar refractivity (Wildman–Crippen MR) is 134 cm³/mol. The summed E-state index contributed by atoms with van der Waals surface area (Å²) < 4.78 is 17.1. The van der Waals surface area contributed by atoms with E-state index in [4.69, 9.17) is 14.2 Å². The number of fused-ring (bicyclic) bond motifs is 1. The van der Waals surface area contributed by atoms with Crippen LogP contribution < -0.4 is 9.47 Å². The number of hydrogen-bond acceptors (Lipinski definition) is 6. The van der Waals surface area contributed by atoms with Crippen LogP contribution in [0.25, 0.3) is 0 Å². The van der Waals surface area contributed by atoms with Gasteiger partial charge in [0.05, 0.1) is 31.8 Å². The fourth-order valence-electron chi connectivity index (χ4n) is 6.18. The van der Waals surface area contributed by atoms with Gasteiger partial charge in [-0.05, 0) is 66.5 Å². The van der Waals surface area contributed by atoms with Crippen molar-refractivity contribution in [1.29, 1.82) is 0 Å². The molecule has 0 radical (unpaired) electrons. The quantitative estimate of drug-likeness (QED) is 0.643. The minimum Gasteiger partial charge on any atom is -0.508 e. The van der Waals surface area contributed by atoms with Crippen LogP contribution in [-0.4, -0.2) is 48.6 Å². The Hall–Kier alpha value is -3.48. The Morgan fingerprint density at radius 1 is 1.03 bits per heavy atom. The molecule has 5 rings (SSSR count). The maximum absolute atomic E-state index is 13.9. The number of phenolic OH excluding ortho intramolecular Hbond substituents is 1. The second-order valence-corrected chi connectivity index (χ2v) is 10.3. The highest BCUT2D eigenvalue weighted by Gasteiger charge is 2.53. The predicted octanol–water partition coefficient (Wildman–Crippen LogP) is 4.44. The molecule has 0 saturated heterocycles. The van der Waals surface area contributed by atoms with Crippen LogP contribution in [0.5, 0.6) is 17.2 Å². The number of carbonyl (C=O) groups excluding carboxylic acids is 2. The van der Waals surface area contributed by atoms with Gasteiger partial charge in [-0.25, -0.2) is 0 Å². The van der Waals surface area contributed by atoms with Gasteiger partial charge in [0.2, 0.25) is 0 Å². The fraction of sp³-hybridized carbons (Fsp3) is 0.448. The minimum atomic E-state index is -0.597. The summed E-state index contributed by atoms with van der Waals surface area (Å²) >= 11 is 0. The third-order valence-corrected chi connectivity index (χ3v) is 7.80. The second-order valence-electron chi connectivity index (χ2n) is 10.3. The first kappa shape index (κ1) is 24.2. The molecule has 5 unspecified atom stereocenters. The highest BCUT2D eigenvalue weighted by Crippen LogP contribution is 2.49. The Morgan fingerprint density at radius 3 is 2.53 bits per heavy atom. The third-order valence-electron chi connectivity index (χ3n) is 7.80. The monoisotopic (exact) mass is 491 g/mol. The summed E-state index contributed by atoms with van der Waals surface area (Å²) in [6.07, 6.45) is 2.02. The average molecular weight is 492 g/mol. The number of benzene rings is 2. The molecule has 0 aromatic heterocycles. The minimum absolute atomic E-state index is 0.00922. The van der Waals surface area contributed by atoms with Gasteiger partial charge in [0.1, 0.15) is 11.9 Å². The van der Waals surface area contributed by atoms with Crippen LogP contribution in [0.4, 0.5) is 0 Å². The molecular formula is C29H33NO6. The SMILES string of the molecule is COc1ccc(CCN2C(=O)C3=C(C(=O)C4CC(C)CC(C)C4O3)C2c2cccc(O)c2)cc1OC. The molecule has 3 aliphatic rings.